The molecule has 3 heteroatoms. The first-order valence-corrected chi connectivity index (χ1v) is 6.81. The van der Waals surface area contributed by atoms with Crippen LogP contribution < -0.4 is 5.32 Å². The average molecular weight is 254 g/mol. The highest BCUT2D eigenvalue weighted by Gasteiger charge is 2.18. The molecular weight excluding hydrogens is 234 g/mol. The van der Waals surface area contributed by atoms with Gasteiger partial charge >= 0.3 is 0 Å². The number of halogens is 1. The molecule has 0 radical (unpaired) electrons. The van der Waals surface area contributed by atoms with E-state index in [9.17, 15) is 5.11 Å². The zero-order chi connectivity index (χ0) is 12.1. The van der Waals surface area contributed by atoms with Crippen LogP contribution in [-0.2, 0) is 0 Å². The number of aliphatic hydroxyl groups is 1. The molecule has 0 aliphatic carbocycles. The summed E-state index contributed by atoms with van der Waals surface area (Å²) >= 11 is 6.09. The summed E-state index contributed by atoms with van der Waals surface area (Å²) < 4.78 is 0. The Morgan fingerprint density at radius 1 is 1.29 bits per heavy atom. The molecule has 2 unspecified atom stereocenters. The molecule has 1 fully saturated rings. The van der Waals surface area contributed by atoms with Gasteiger partial charge in [-0.05, 0) is 37.4 Å². The van der Waals surface area contributed by atoms with Crippen molar-refractivity contribution in [1.29, 1.82) is 0 Å². The fourth-order valence-electron chi connectivity index (χ4n) is 2.44. The molecule has 1 heterocycles. The minimum atomic E-state index is -0.459. The van der Waals surface area contributed by atoms with Gasteiger partial charge in [0, 0.05) is 11.1 Å². The van der Waals surface area contributed by atoms with Gasteiger partial charge < -0.3 is 10.4 Å². The molecule has 1 saturated heterocycles. The lowest BCUT2D eigenvalue weighted by atomic mass is 9.99. The van der Waals surface area contributed by atoms with Crippen molar-refractivity contribution in [1.82, 2.24) is 5.32 Å². The number of nitrogens with one attached hydrogen (secondary N) is 1. The summed E-state index contributed by atoms with van der Waals surface area (Å²) in [6.07, 6.45) is 5.25. The smallest absolute Gasteiger partial charge is 0.0819 e. The maximum atomic E-state index is 10.2. The number of aliphatic hydroxyl groups excluding tert-OH is 1. The van der Waals surface area contributed by atoms with Crippen LogP contribution in [0.5, 0.6) is 0 Å². The first kappa shape index (κ1) is 12.9. The second kappa shape index (κ2) is 6.39. The predicted octanol–water partition coefficient (Wildman–Crippen LogP) is 3.30. The lowest BCUT2D eigenvalue weighted by Crippen LogP contribution is -2.29. The van der Waals surface area contributed by atoms with Gasteiger partial charge in [-0.3, -0.25) is 0 Å². The monoisotopic (exact) mass is 253 g/mol. The van der Waals surface area contributed by atoms with E-state index in [2.05, 4.69) is 5.32 Å². The fourth-order valence-corrected chi connectivity index (χ4v) is 2.71. The molecule has 1 aromatic carbocycles. The summed E-state index contributed by atoms with van der Waals surface area (Å²) in [5, 5.41) is 14.4. The summed E-state index contributed by atoms with van der Waals surface area (Å²) in [6.45, 7) is 1.07. The Labute approximate surface area is 108 Å². The molecule has 0 spiro atoms. The molecular formula is C14H20ClNO. The summed E-state index contributed by atoms with van der Waals surface area (Å²) in [7, 11) is 0. The largest absolute Gasteiger partial charge is 0.388 e. The van der Waals surface area contributed by atoms with Crippen LogP contribution in [0, 0.1) is 0 Å². The van der Waals surface area contributed by atoms with E-state index in [1.54, 1.807) is 0 Å². The Morgan fingerprint density at radius 3 is 2.94 bits per heavy atom. The average Bonchev–Trinajstić information content (AvgIpc) is 2.58. The molecule has 2 nitrogen and oxygen atoms in total. The van der Waals surface area contributed by atoms with Crippen LogP contribution >= 0.6 is 11.6 Å². The Morgan fingerprint density at radius 2 is 2.12 bits per heavy atom. The molecule has 0 saturated carbocycles. The molecule has 94 valence electrons. The van der Waals surface area contributed by atoms with Crippen LogP contribution in [-0.4, -0.2) is 17.7 Å². The summed E-state index contributed by atoms with van der Waals surface area (Å²) in [4.78, 5) is 0. The first-order valence-electron chi connectivity index (χ1n) is 6.43. The number of benzene rings is 1. The summed E-state index contributed by atoms with van der Waals surface area (Å²) in [6, 6.07) is 7.97. The number of rotatable bonds is 3. The van der Waals surface area contributed by atoms with Gasteiger partial charge in [0.05, 0.1) is 6.10 Å². The Balaban J connectivity index is 1.96. The van der Waals surface area contributed by atoms with Gasteiger partial charge in [-0.25, -0.2) is 0 Å². The second-order valence-electron chi connectivity index (χ2n) is 4.77. The SMILES string of the molecule is OC(CC1CCCCCN1)c1ccccc1Cl. The Hall–Kier alpha value is -0.570. The second-order valence-corrected chi connectivity index (χ2v) is 5.18. The van der Waals surface area contributed by atoms with E-state index in [0.29, 0.717) is 11.1 Å². The Kier molecular flexibility index (Phi) is 4.84. The van der Waals surface area contributed by atoms with Crippen LogP contribution in [0.2, 0.25) is 5.02 Å². The predicted molar refractivity (Wildman–Crippen MR) is 71.3 cm³/mol. The zero-order valence-corrected chi connectivity index (χ0v) is 10.8. The molecule has 1 aromatic rings. The van der Waals surface area contributed by atoms with E-state index in [-0.39, 0.29) is 0 Å². The van der Waals surface area contributed by atoms with E-state index in [1.165, 1.54) is 19.3 Å². The van der Waals surface area contributed by atoms with Gasteiger partial charge in [0.25, 0.3) is 0 Å². The van der Waals surface area contributed by atoms with Crippen molar-refractivity contribution in [3.63, 3.8) is 0 Å². The number of hydrogen-bond donors (Lipinski definition) is 2. The van der Waals surface area contributed by atoms with Crippen molar-refractivity contribution in [2.24, 2.45) is 0 Å². The van der Waals surface area contributed by atoms with E-state index < -0.39 is 6.10 Å². The van der Waals surface area contributed by atoms with Crippen molar-refractivity contribution in [2.45, 2.75) is 44.2 Å². The highest BCUT2D eigenvalue weighted by Crippen LogP contribution is 2.27. The lowest BCUT2D eigenvalue weighted by Gasteiger charge is -2.20. The molecule has 0 bridgehead atoms. The van der Waals surface area contributed by atoms with Crippen LogP contribution in [0.15, 0.2) is 24.3 Å². The van der Waals surface area contributed by atoms with Crippen molar-refractivity contribution in [3.8, 4) is 0 Å². The van der Waals surface area contributed by atoms with Gasteiger partial charge in [0.1, 0.15) is 0 Å². The molecule has 1 aliphatic heterocycles. The van der Waals surface area contributed by atoms with Crippen molar-refractivity contribution in [2.75, 3.05) is 6.54 Å². The van der Waals surface area contributed by atoms with E-state index in [1.807, 2.05) is 24.3 Å². The highest BCUT2D eigenvalue weighted by atomic mass is 35.5. The molecule has 2 N–H and O–H groups in total. The third-order valence-electron chi connectivity index (χ3n) is 3.43. The van der Waals surface area contributed by atoms with E-state index in [0.717, 1.165) is 24.9 Å². The van der Waals surface area contributed by atoms with Crippen LogP contribution in [0.1, 0.15) is 43.8 Å². The van der Waals surface area contributed by atoms with E-state index in [4.69, 9.17) is 11.6 Å². The van der Waals surface area contributed by atoms with Crippen LogP contribution in [0.3, 0.4) is 0 Å². The van der Waals surface area contributed by atoms with Crippen LogP contribution in [0.4, 0.5) is 0 Å². The highest BCUT2D eigenvalue weighted by molar-refractivity contribution is 6.31. The zero-order valence-electron chi connectivity index (χ0n) is 10.0. The van der Waals surface area contributed by atoms with Gasteiger partial charge in [0.15, 0.2) is 0 Å². The minimum absolute atomic E-state index is 0.420. The third kappa shape index (κ3) is 3.70. The van der Waals surface area contributed by atoms with Crippen molar-refractivity contribution >= 4 is 11.6 Å². The third-order valence-corrected chi connectivity index (χ3v) is 3.78. The molecule has 17 heavy (non-hydrogen) atoms. The van der Waals surface area contributed by atoms with Crippen molar-refractivity contribution < 1.29 is 5.11 Å². The number of hydrogen-bond acceptors (Lipinski definition) is 2. The topological polar surface area (TPSA) is 32.3 Å². The van der Waals surface area contributed by atoms with Gasteiger partial charge in [-0.15, -0.1) is 0 Å². The first-order chi connectivity index (χ1) is 8.27. The molecule has 0 aromatic heterocycles. The van der Waals surface area contributed by atoms with Crippen molar-refractivity contribution in [3.05, 3.63) is 34.9 Å². The van der Waals surface area contributed by atoms with Gasteiger partial charge in [-0.1, -0.05) is 42.6 Å². The standard InChI is InChI=1S/C14H20ClNO/c15-13-8-4-3-7-12(13)14(17)10-11-6-2-1-5-9-16-11/h3-4,7-8,11,14,16-17H,1-2,5-6,9-10H2. The molecule has 2 rings (SSSR count). The minimum Gasteiger partial charge on any atom is -0.388 e. The van der Waals surface area contributed by atoms with Crippen LogP contribution in [0.25, 0.3) is 0 Å². The molecule has 1 aliphatic rings. The normalized spacial score (nSPS) is 23.1. The maximum Gasteiger partial charge on any atom is 0.0819 e. The van der Waals surface area contributed by atoms with Gasteiger partial charge in [-0.2, -0.15) is 0 Å². The molecule has 0 amide bonds. The summed E-state index contributed by atoms with van der Waals surface area (Å²) in [5.41, 5.74) is 0.847. The lowest BCUT2D eigenvalue weighted by molar-refractivity contribution is 0.150. The maximum absolute atomic E-state index is 10.2. The van der Waals surface area contributed by atoms with E-state index >= 15 is 0 Å². The molecule has 2 atom stereocenters. The van der Waals surface area contributed by atoms with Gasteiger partial charge in [0.2, 0.25) is 0 Å². The fraction of sp³-hybridized carbons (Fsp3) is 0.571. The Bertz CT molecular complexity index is 348. The quantitative estimate of drug-likeness (QED) is 0.866. The summed E-state index contributed by atoms with van der Waals surface area (Å²) in [5.74, 6) is 0.